The van der Waals surface area contributed by atoms with Gasteiger partial charge in [0.2, 0.25) is 0 Å². The van der Waals surface area contributed by atoms with Gasteiger partial charge in [0.05, 0.1) is 45.8 Å². The number of nitrogens with zero attached hydrogens (tertiary/aromatic N) is 9. The molecule has 336 valence electrons. The first-order valence-electron chi connectivity index (χ1n) is 22.3. The molecule has 2 saturated heterocycles. The Balaban J connectivity index is 1.03. The van der Waals surface area contributed by atoms with E-state index < -0.39 is 29.2 Å². The van der Waals surface area contributed by atoms with E-state index in [1.807, 2.05) is 22.5 Å². The molecular formula is C48H50F2N10O5. The molecule has 0 bridgehead atoms. The minimum Gasteiger partial charge on any atom is -0.376 e. The predicted octanol–water partition coefficient (Wildman–Crippen LogP) is 7.95. The largest absolute Gasteiger partial charge is 0.438 e. The Morgan fingerprint density at radius 3 is 2.37 bits per heavy atom. The third-order valence-corrected chi connectivity index (χ3v) is 14.5. The van der Waals surface area contributed by atoms with E-state index in [1.165, 1.54) is 16.7 Å². The number of aromatic amines is 1. The smallest absolute Gasteiger partial charge is 0.376 e. The molecule has 0 radical (unpaired) electrons. The van der Waals surface area contributed by atoms with Gasteiger partial charge in [-0.05, 0) is 125 Å². The van der Waals surface area contributed by atoms with Gasteiger partial charge < -0.3 is 14.2 Å². The highest BCUT2D eigenvalue weighted by atomic mass is 19.1. The summed E-state index contributed by atoms with van der Waals surface area (Å²) < 4.78 is 47.7. The summed E-state index contributed by atoms with van der Waals surface area (Å²) >= 11 is 0. The number of carbonyl (C=O) groups is 2. The van der Waals surface area contributed by atoms with Gasteiger partial charge in [-0.25, -0.2) is 23.1 Å². The zero-order valence-corrected chi connectivity index (χ0v) is 37.4. The maximum Gasteiger partial charge on any atom is 0.438 e. The average Bonchev–Trinajstić information content (AvgIpc) is 3.90. The maximum atomic E-state index is 16.2. The molecule has 3 aromatic carbocycles. The number of hydrogen-bond acceptors (Lipinski definition) is 8. The number of halogens is 2. The third-order valence-electron chi connectivity index (χ3n) is 14.5. The van der Waals surface area contributed by atoms with E-state index in [9.17, 15) is 9.59 Å². The number of carbonyl (C=O) groups excluding carboxylic acids is 2. The first-order valence-corrected chi connectivity index (χ1v) is 22.3. The van der Waals surface area contributed by atoms with E-state index in [0.29, 0.717) is 82.3 Å². The number of hydrogen-bond donors (Lipinski definition) is 1. The number of H-pyrrole nitrogens is 1. The second-order valence-electron chi connectivity index (χ2n) is 19.1. The van der Waals surface area contributed by atoms with Gasteiger partial charge in [-0.3, -0.25) is 28.8 Å². The fraction of sp³-hybridized carbons (Fsp3) is 0.417. The van der Waals surface area contributed by atoms with Gasteiger partial charge in [0.15, 0.2) is 11.6 Å². The van der Waals surface area contributed by atoms with Crippen LogP contribution in [0.3, 0.4) is 0 Å². The lowest BCUT2D eigenvalue weighted by Gasteiger charge is -2.35. The molecule has 7 aromatic rings. The Hall–Kier alpha value is -6.62. The second kappa shape index (κ2) is 14.4. The Labute approximate surface area is 372 Å². The number of nitrogens with one attached hydrogen (secondary N) is 1. The van der Waals surface area contributed by atoms with Crippen molar-refractivity contribution in [2.24, 2.45) is 13.0 Å². The van der Waals surface area contributed by atoms with Crippen LogP contribution in [0, 0.1) is 31.4 Å². The highest BCUT2D eigenvalue weighted by Gasteiger charge is 2.59. The van der Waals surface area contributed by atoms with Crippen LogP contribution in [0.25, 0.3) is 27.5 Å². The van der Waals surface area contributed by atoms with Crippen LogP contribution in [0.1, 0.15) is 103 Å². The molecule has 1 saturated carbocycles. The molecular weight excluding hydrogens is 835 g/mol. The molecule has 65 heavy (non-hydrogen) atoms. The molecule has 0 spiro atoms. The molecule has 1 N–H and O–H groups in total. The standard InChI is InChI=1S/C48H50F2N10O5/c1-25-18-32(19-26(2)40(25)49)60-42(58-16-15-57(46(58)63)37-11-10-36-33(41(37)50)24-51-55(36)7)39-28(4)56(14-12-34(39)53-60)43(61)38-21-31-20-29(30-13-17-64-47(5,6)23-30)8-9-35(31)59(38)48(22-27(48)3)44-52-45(62)65-54-44/h8-11,18-21,24,27-28,30H,12-17,22-23H2,1-7H3,(H,52,54,62)/t27-,28-,30-,48-/m0/s1. The summed E-state index contributed by atoms with van der Waals surface area (Å²) in [5.74, 6) is -0.729. The third kappa shape index (κ3) is 6.21. The number of aryl methyl sites for hydroxylation is 3. The second-order valence-corrected chi connectivity index (χ2v) is 19.1. The number of ether oxygens (including phenoxy) is 1. The summed E-state index contributed by atoms with van der Waals surface area (Å²) in [7, 11) is 1.73. The van der Waals surface area contributed by atoms with Crippen molar-refractivity contribution in [3.8, 4) is 5.69 Å². The van der Waals surface area contributed by atoms with Crippen molar-refractivity contribution < 1.29 is 27.6 Å². The zero-order chi connectivity index (χ0) is 45.4. The number of urea groups is 1. The predicted molar refractivity (Wildman–Crippen MR) is 239 cm³/mol. The molecule has 4 aromatic heterocycles. The van der Waals surface area contributed by atoms with Crippen LogP contribution in [-0.4, -0.2) is 82.9 Å². The number of aromatic nitrogens is 7. The van der Waals surface area contributed by atoms with Crippen molar-refractivity contribution in [1.82, 2.24) is 39.2 Å². The van der Waals surface area contributed by atoms with E-state index in [4.69, 9.17) is 14.4 Å². The Morgan fingerprint density at radius 2 is 1.66 bits per heavy atom. The Morgan fingerprint density at radius 1 is 0.923 bits per heavy atom. The quantitative estimate of drug-likeness (QED) is 0.169. The molecule has 3 amide bonds. The van der Waals surface area contributed by atoms with Crippen molar-refractivity contribution in [3.63, 3.8) is 0 Å². The van der Waals surface area contributed by atoms with Gasteiger partial charge in [0.25, 0.3) is 5.91 Å². The lowest BCUT2D eigenvalue weighted by atomic mass is 9.83. The van der Waals surface area contributed by atoms with E-state index in [-0.39, 0.29) is 47.9 Å². The summed E-state index contributed by atoms with van der Waals surface area (Å²) in [4.78, 5) is 50.4. The van der Waals surface area contributed by atoms with E-state index in [0.717, 1.165) is 23.7 Å². The van der Waals surface area contributed by atoms with Gasteiger partial charge >= 0.3 is 11.8 Å². The van der Waals surface area contributed by atoms with Crippen LogP contribution in [0.4, 0.5) is 25.1 Å². The molecule has 4 atom stereocenters. The van der Waals surface area contributed by atoms with E-state index in [2.05, 4.69) is 54.2 Å². The van der Waals surface area contributed by atoms with Crippen molar-refractivity contribution in [3.05, 3.63) is 116 Å². The SMILES string of the molecule is Cc1cc(-n2nc3c(c2N2CCN(c4ccc5c(cnn5C)c4F)C2=O)[C@H](C)N(C(=O)c2cc4cc([C@H]5CCOC(C)(C)C5)ccc4n2[C@@]2(c4noc(=O)[nH]4)C[C@@H]2C)CC3)cc(C)c1F. The lowest BCUT2D eigenvalue weighted by molar-refractivity contribution is -0.0592. The number of fused-ring (bicyclic) bond motifs is 3. The van der Waals surface area contributed by atoms with Crippen molar-refractivity contribution in [2.75, 3.05) is 36.0 Å². The summed E-state index contributed by atoms with van der Waals surface area (Å²) in [5.41, 5.74) is 4.80. The minimum atomic E-state index is -0.848. The van der Waals surface area contributed by atoms with Crippen LogP contribution in [0.5, 0.6) is 0 Å². The Kier molecular flexibility index (Phi) is 9.13. The molecule has 7 heterocycles. The van der Waals surface area contributed by atoms with Crippen LogP contribution in [-0.2, 0) is 23.7 Å². The van der Waals surface area contributed by atoms with E-state index in [1.54, 1.807) is 59.4 Å². The monoisotopic (exact) mass is 884 g/mol. The average molecular weight is 885 g/mol. The number of benzene rings is 3. The summed E-state index contributed by atoms with van der Waals surface area (Å²) in [5, 5.41) is 14.7. The van der Waals surface area contributed by atoms with Gasteiger partial charge in [0, 0.05) is 56.2 Å². The molecule has 15 nitrogen and oxygen atoms in total. The zero-order valence-electron chi connectivity index (χ0n) is 37.4. The lowest BCUT2D eigenvalue weighted by Crippen LogP contribution is -2.41. The first kappa shape index (κ1) is 41.1. The van der Waals surface area contributed by atoms with Crippen LogP contribution >= 0.6 is 0 Å². The van der Waals surface area contributed by atoms with Crippen molar-refractivity contribution in [2.45, 2.75) is 90.3 Å². The van der Waals surface area contributed by atoms with E-state index >= 15 is 13.6 Å². The summed E-state index contributed by atoms with van der Waals surface area (Å²) in [6.07, 6.45) is 4.18. The molecule has 17 heteroatoms. The van der Waals surface area contributed by atoms with Crippen LogP contribution in [0.15, 0.2) is 64.0 Å². The highest BCUT2D eigenvalue weighted by Crippen LogP contribution is 2.56. The fourth-order valence-corrected chi connectivity index (χ4v) is 11.1. The van der Waals surface area contributed by atoms with Gasteiger partial charge in [-0.2, -0.15) is 10.2 Å². The topological polar surface area (TPSA) is 153 Å². The molecule has 3 aliphatic heterocycles. The van der Waals surface area contributed by atoms with Crippen LogP contribution < -0.4 is 15.6 Å². The van der Waals surface area contributed by atoms with Gasteiger partial charge in [-0.1, -0.05) is 18.1 Å². The summed E-state index contributed by atoms with van der Waals surface area (Å²) in [6, 6.07) is 14.0. The van der Waals surface area contributed by atoms with Gasteiger partial charge in [-0.15, -0.1) is 0 Å². The highest BCUT2D eigenvalue weighted by molar-refractivity contribution is 6.07. The minimum absolute atomic E-state index is 0.00651. The van der Waals surface area contributed by atoms with Gasteiger partial charge in [0.1, 0.15) is 22.9 Å². The molecule has 0 unspecified atom stereocenters. The molecule has 11 rings (SSSR count). The molecule has 3 fully saturated rings. The molecule has 4 aliphatic rings. The summed E-state index contributed by atoms with van der Waals surface area (Å²) in [6.45, 7) is 12.9. The molecule has 1 aliphatic carbocycles. The number of amides is 3. The number of rotatable bonds is 7. The van der Waals surface area contributed by atoms with Crippen molar-refractivity contribution >= 4 is 45.2 Å². The fourth-order valence-electron chi connectivity index (χ4n) is 11.1. The Bertz CT molecular complexity index is 3170. The normalized spacial score (nSPS) is 23.0. The first-order chi connectivity index (χ1) is 31.1. The number of anilines is 2. The van der Waals surface area contributed by atoms with Crippen LogP contribution in [0.2, 0.25) is 0 Å². The van der Waals surface area contributed by atoms with Crippen molar-refractivity contribution in [1.29, 1.82) is 0 Å². The maximum absolute atomic E-state index is 16.2.